The van der Waals surface area contributed by atoms with Crippen molar-refractivity contribution in [3.05, 3.63) is 16.4 Å². The molecule has 0 aromatic carbocycles. The number of aldehydes is 1. The Labute approximate surface area is 71.5 Å². The molecule has 0 spiro atoms. The van der Waals surface area contributed by atoms with Gasteiger partial charge in [0.05, 0.1) is 5.75 Å². The molecule has 1 heterocycles. The molecule has 0 amide bonds. The molecular formula is C5H5N3O3S. The number of nitrogens with zero attached hydrogens (tertiary/aromatic N) is 2. The highest BCUT2D eigenvalue weighted by Crippen LogP contribution is 2.23. The van der Waals surface area contributed by atoms with Gasteiger partial charge in [0, 0.05) is 0 Å². The molecule has 0 saturated carbocycles. The van der Waals surface area contributed by atoms with Gasteiger partial charge >= 0.3 is 5.82 Å². The maximum absolute atomic E-state index is 10.3. The number of aromatic amines is 1. The number of H-pyrrole nitrogens is 1. The Morgan fingerprint density at radius 3 is 3.17 bits per heavy atom. The van der Waals surface area contributed by atoms with Crippen LogP contribution in [0.5, 0.6) is 0 Å². The van der Waals surface area contributed by atoms with Gasteiger partial charge in [-0.1, -0.05) is 11.8 Å². The lowest BCUT2D eigenvalue weighted by atomic mass is 10.8. The summed E-state index contributed by atoms with van der Waals surface area (Å²) in [5, 5.41) is 10.5. The van der Waals surface area contributed by atoms with Crippen molar-refractivity contribution < 1.29 is 9.72 Å². The van der Waals surface area contributed by atoms with Crippen LogP contribution in [0.2, 0.25) is 0 Å². The zero-order valence-electron chi connectivity index (χ0n) is 5.89. The molecule has 12 heavy (non-hydrogen) atoms. The van der Waals surface area contributed by atoms with Crippen LogP contribution in [0.25, 0.3) is 0 Å². The normalized spacial score (nSPS) is 9.67. The van der Waals surface area contributed by atoms with Gasteiger partial charge in [-0.25, -0.2) is 9.97 Å². The van der Waals surface area contributed by atoms with E-state index in [1.807, 2.05) is 0 Å². The Kier molecular flexibility index (Phi) is 2.81. The molecule has 0 fully saturated rings. The number of nitro groups is 1. The first kappa shape index (κ1) is 8.72. The van der Waals surface area contributed by atoms with Gasteiger partial charge < -0.3 is 14.9 Å². The number of thioether (sulfide) groups is 1. The Hall–Kier alpha value is -1.37. The molecule has 64 valence electrons. The largest absolute Gasteiger partial charge is 0.358 e. The number of carbonyl (C=O) groups excluding carboxylic acids is 1. The smallest absolute Gasteiger partial charge is 0.354 e. The van der Waals surface area contributed by atoms with Crippen LogP contribution in [0.4, 0.5) is 5.82 Å². The zero-order valence-corrected chi connectivity index (χ0v) is 6.71. The Bertz CT molecular complexity index is 298. The molecule has 0 atom stereocenters. The summed E-state index contributed by atoms with van der Waals surface area (Å²) in [6, 6.07) is 0. The third-order valence-electron chi connectivity index (χ3n) is 1.06. The van der Waals surface area contributed by atoms with Gasteiger partial charge in [-0.2, -0.15) is 0 Å². The Morgan fingerprint density at radius 1 is 1.83 bits per heavy atom. The molecule has 0 bridgehead atoms. The monoisotopic (exact) mass is 187 g/mol. The third-order valence-corrected chi connectivity index (χ3v) is 1.93. The van der Waals surface area contributed by atoms with E-state index in [9.17, 15) is 14.9 Å². The van der Waals surface area contributed by atoms with Crippen LogP contribution in [0.3, 0.4) is 0 Å². The molecule has 0 aliphatic rings. The van der Waals surface area contributed by atoms with Crippen molar-refractivity contribution in [1.29, 1.82) is 0 Å². The van der Waals surface area contributed by atoms with Crippen molar-refractivity contribution in [3.63, 3.8) is 0 Å². The fourth-order valence-electron chi connectivity index (χ4n) is 0.624. The minimum atomic E-state index is -0.569. The van der Waals surface area contributed by atoms with E-state index in [2.05, 4.69) is 9.97 Å². The molecule has 0 aliphatic carbocycles. The van der Waals surface area contributed by atoms with Crippen LogP contribution in [-0.2, 0) is 4.79 Å². The number of nitrogens with one attached hydrogen (secondary N) is 1. The number of carbonyl (C=O) groups is 1. The van der Waals surface area contributed by atoms with E-state index < -0.39 is 4.92 Å². The summed E-state index contributed by atoms with van der Waals surface area (Å²) in [6.45, 7) is 0. The van der Waals surface area contributed by atoms with E-state index in [0.29, 0.717) is 6.29 Å². The predicted octanol–water partition coefficient (Wildman–Crippen LogP) is 0.609. The van der Waals surface area contributed by atoms with Gasteiger partial charge in [-0.05, 0) is 4.92 Å². The lowest BCUT2D eigenvalue weighted by molar-refractivity contribution is -0.392. The summed E-state index contributed by atoms with van der Waals surface area (Å²) < 4.78 is 0. The second-order valence-corrected chi connectivity index (χ2v) is 2.80. The predicted molar refractivity (Wildman–Crippen MR) is 42.0 cm³/mol. The molecule has 7 heteroatoms. The first-order valence-corrected chi connectivity index (χ1v) is 3.98. The van der Waals surface area contributed by atoms with Crippen molar-refractivity contribution in [2.75, 3.05) is 5.75 Å². The van der Waals surface area contributed by atoms with Crippen molar-refractivity contribution >= 4 is 23.9 Å². The van der Waals surface area contributed by atoms with Crippen molar-refractivity contribution in [2.24, 2.45) is 0 Å². The van der Waals surface area contributed by atoms with E-state index in [4.69, 9.17) is 0 Å². The second kappa shape index (κ2) is 3.86. The van der Waals surface area contributed by atoms with Crippen LogP contribution in [0.1, 0.15) is 0 Å². The summed E-state index contributed by atoms with van der Waals surface area (Å²) in [6.07, 6.45) is 1.90. The Morgan fingerprint density at radius 2 is 2.58 bits per heavy atom. The van der Waals surface area contributed by atoms with E-state index in [1.165, 1.54) is 6.33 Å². The lowest BCUT2D eigenvalue weighted by Crippen LogP contribution is -1.90. The second-order valence-electron chi connectivity index (χ2n) is 1.79. The quantitative estimate of drug-likeness (QED) is 0.323. The van der Waals surface area contributed by atoms with Crippen LogP contribution >= 0.6 is 11.8 Å². The summed E-state index contributed by atoms with van der Waals surface area (Å²) in [7, 11) is 0. The van der Waals surface area contributed by atoms with Crippen LogP contribution < -0.4 is 0 Å². The molecule has 1 aromatic heterocycles. The standard InChI is InChI=1S/C5H5N3O3S/c9-1-2-12-5-4(8(10)11)6-3-7-5/h1,3H,2H2,(H,6,7). The average Bonchev–Trinajstić information content (AvgIpc) is 2.48. The van der Waals surface area contributed by atoms with E-state index in [-0.39, 0.29) is 16.6 Å². The van der Waals surface area contributed by atoms with E-state index in [1.54, 1.807) is 0 Å². The zero-order chi connectivity index (χ0) is 8.97. The molecule has 0 saturated heterocycles. The minimum Gasteiger partial charge on any atom is -0.358 e. The van der Waals surface area contributed by atoms with Gasteiger partial charge in [-0.15, -0.1) is 0 Å². The van der Waals surface area contributed by atoms with Gasteiger partial charge in [0.25, 0.3) is 0 Å². The highest BCUT2D eigenvalue weighted by atomic mass is 32.2. The van der Waals surface area contributed by atoms with Crippen LogP contribution in [-0.4, -0.2) is 26.9 Å². The van der Waals surface area contributed by atoms with Crippen molar-refractivity contribution in [3.8, 4) is 0 Å². The highest BCUT2D eigenvalue weighted by molar-refractivity contribution is 7.99. The minimum absolute atomic E-state index is 0.165. The van der Waals surface area contributed by atoms with Crippen molar-refractivity contribution in [2.45, 2.75) is 5.03 Å². The van der Waals surface area contributed by atoms with Gasteiger partial charge in [0.2, 0.25) is 0 Å². The van der Waals surface area contributed by atoms with Gasteiger partial charge in [-0.3, -0.25) is 0 Å². The molecule has 6 nitrogen and oxygen atoms in total. The van der Waals surface area contributed by atoms with Crippen molar-refractivity contribution in [1.82, 2.24) is 9.97 Å². The molecule has 0 unspecified atom stereocenters. The summed E-state index contributed by atoms with van der Waals surface area (Å²) in [5.41, 5.74) is 0. The summed E-state index contributed by atoms with van der Waals surface area (Å²) in [5.74, 6) is 0.00736. The molecule has 0 aliphatic heterocycles. The number of aromatic nitrogens is 2. The van der Waals surface area contributed by atoms with Gasteiger partial charge in [0.15, 0.2) is 11.4 Å². The first-order chi connectivity index (χ1) is 5.75. The first-order valence-electron chi connectivity index (χ1n) is 3.00. The topological polar surface area (TPSA) is 88.9 Å². The number of hydrogen-bond acceptors (Lipinski definition) is 5. The molecular weight excluding hydrogens is 182 g/mol. The number of rotatable bonds is 4. The van der Waals surface area contributed by atoms with Crippen LogP contribution in [0.15, 0.2) is 11.4 Å². The fraction of sp³-hybridized carbons (Fsp3) is 0.200. The molecule has 1 aromatic rings. The third kappa shape index (κ3) is 1.82. The highest BCUT2D eigenvalue weighted by Gasteiger charge is 2.14. The van der Waals surface area contributed by atoms with E-state index in [0.717, 1.165) is 11.8 Å². The maximum atomic E-state index is 10.3. The molecule has 1 N–H and O–H groups in total. The molecule has 1 rings (SSSR count). The lowest BCUT2D eigenvalue weighted by Gasteiger charge is -1.92. The van der Waals surface area contributed by atoms with E-state index >= 15 is 0 Å². The molecule has 0 radical (unpaired) electrons. The maximum Gasteiger partial charge on any atom is 0.354 e. The van der Waals surface area contributed by atoms with Gasteiger partial charge in [0.1, 0.15) is 6.29 Å². The number of hydrogen-bond donors (Lipinski definition) is 1. The van der Waals surface area contributed by atoms with Crippen LogP contribution in [0, 0.1) is 10.1 Å². The fourth-order valence-corrected chi connectivity index (χ4v) is 1.25. The number of imidazole rings is 1. The summed E-state index contributed by atoms with van der Waals surface area (Å²) in [4.78, 5) is 25.7. The SMILES string of the molecule is O=CCSc1nc[nH]c1[N+](=O)[O-]. The Balaban J connectivity index is 2.76. The summed E-state index contributed by atoms with van der Waals surface area (Å²) >= 11 is 1.03. The average molecular weight is 187 g/mol.